The van der Waals surface area contributed by atoms with Crippen LogP contribution in [0.5, 0.6) is 0 Å². The van der Waals surface area contributed by atoms with Gasteiger partial charge in [0.25, 0.3) is 0 Å². The van der Waals surface area contributed by atoms with Gasteiger partial charge in [-0.1, -0.05) is 96.8 Å². The molecule has 6 aromatic carbocycles. The number of nitrogens with zero attached hydrogens (tertiary/aromatic N) is 2. The Hall–Kier alpha value is -5.08. The van der Waals surface area contributed by atoms with Crippen molar-refractivity contribution in [3.63, 3.8) is 0 Å². The first-order valence-electron chi connectivity index (χ1n) is 19.7. The zero-order chi connectivity index (χ0) is 39.0. The lowest BCUT2D eigenvalue weighted by molar-refractivity contribution is 1.18. The van der Waals surface area contributed by atoms with Crippen LogP contribution in [-0.2, 0) is 0 Å². The highest BCUT2D eigenvalue weighted by Gasteiger charge is 2.13. The van der Waals surface area contributed by atoms with Gasteiger partial charge in [-0.2, -0.15) is 0 Å². The van der Waals surface area contributed by atoms with Gasteiger partial charge < -0.3 is 9.13 Å². The first kappa shape index (κ1) is 10.7. The molecular formula is C36H24N2. The fourth-order valence-corrected chi connectivity index (χ4v) is 4.96. The number of rotatable bonds is 3. The lowest BCUT2D eigenvalue weighted by Gasteiger charge is -2.11. The van der Waals surface area contributed by atoms with Crippen LogP contribution in [0.1, 0.15) is 21.9 Å². The molecule has 0 fully saturated rings. The second-order valence-electron chi connectivity index (χ2n) is 8.66. The van der Waals surface area contributed by atoms with Crippen LogP contribution >= 0.6 is 0 Å². The first-order chi connectivity index (χ1) is 25.5. The van der Waals surface area contributed by atoms with E-state index in [4.69, 9.17) is 21.9 Å². The lowest BCUT2D eigenvalue weighted by atomic mass is 10.0. The lowest BCUT2D eigenvalue weighted by Crippen LogP contribution is -1.94. The maximum Gasteiger partial charge on any atom is 0.0645 e. The van der Waals surface area contributed by atoms with E-state index >= 15 is 0 Å². The molecule has 38 heavy (non-hydrogen) atoms. The van der Waals surface area contributed by atoms with Crippen molar-refractivity contribution in [1.82, 2.24) is 9.13 Å². The summed E-state index contributed by atoms with van der Waals surface area (Å²) >= 11 is 0. The molecule has 178 valence electrons. The fourth-order valence-electron chi connectivity index (χ4n) is 4.96. The maximum atomic E-state index is 8.73. The van der Waals surface area contributed by atoms with Crippen LogP contribution in [0.3, 0.4) is 0 Å². The normalized spacial score (nSPS) is 17.6. The second-order valence-corrected chi connectivity index (χ2v) is 8.66. The number of benzene rings is 6. The topological polar surface area (TPSA) is 9.86 Å². The third-order valence-electron chi connectivity index (χ3n) is 6.65. The smallest absolute Gasteiger partial charge is 0.0645 e. The molecule has 0 bridgehead atoms. The van der Waals surface area contributed by atoms with Crippen molar-refractivity contribution in [3.05, 3.63) is 145 Å². The summed E-state index contributed by atoms with van der Waals surface area (Å²) in [5, 5.41) is -0.102. The number of aromatic nitrogens is 2. The van der Waals surface area contributed by atoms with Gasteiger partial charge in [-0.15, -0.1) is 0 Å². The van der Waals surface area contributed by atoms with E-state index < -0.39 is 96.7 Å². The quantitative estimate of drug-likeness (QED) is 0.229. The van der Waals surface area contributed by atoms with Crippen LogP contribution in [0.15, 0.2) is 145 Å². The number of hydrogen-bond donors (Lipinski definition) is 0. The van der Waals surface area contributed by atoms with Gasteiger partial charge in [-0.3, -0.25) is 0 Å². The summed E-state index contributed by atoms with van der Waals surface area (Å²) in [6.07, 6.45) is 0. The van der Waals surface area contributed by atoms with Crippen molar-refractivity contribution < 1.29 is 21.9 Å². The Bertz CT molecular complexity index is 2620. The van der Waals surface area contributed by atoms with E-state index in [9.17, 15) is 0 Å². The van der Waals surface area contributed by atoms with Crippen LogP contribution in [0.2, 0.25) is 0 Å². The Morgan fingerprint density at radius 2 is 0.605 bits per heavy atom. The molecule has 0 spiro atoms. The van der Waals surface area contributed by atoms with Crippen LogP contribution < -0.4 is 0 Å². The third kappa shape index (κ3) is 3.07. The molecule has 0 N–H and O–H groups in total. The molecule has 0 atom stereocenters. The Morgan fingerprint density at radius 3 is 0.895 bits per heavy atom. The van der Waals surface area contributed by atoms with Gasteiger partial charge in [0.05, 0.1) is 44.0 Å². The summed E-state index contributed by atoms with van der Waals surface area (Å²) < 4.78 is 139. The maximum absolute atomic E-state index is 8.73. The Balaban J connectivity index is 1.31. The molecule has 8 rings (SSSR count). The molecule has 0 aliphatic heterocycles. The van der Waals surface area contributed by atoms with E-state index in [-0.39, 0.29) is 43.6 Å². The first-order valence-corrected chi connectivity index (χ1v) is 11.7. The van der Waals surface area contributed by atoms with Gasteiger partial charge in [0.1, 0.15) is 0 Å². The molecule has 2 heterocycles. The van der Waals surface area contributed by atoms with Crippen LogP contribution in [0, 0.1) is 0 Å². The minimum atomic E-state index is -0.528. The van der Waals surface area contributed by atoms with Crippen LogP contribution in [0.25, 0.3) is 66.1 Å². The predicted molar refractivity (Wildman–Crippen MR) is 161 cm³/mol. The molecule has 2 nitrogen and oxygen atoms in total. The summed E-state index contributed by atoms with van der Waals surface area (Å²) in [7, 11) is 0. The van der Waals surface area contributed by atoms with Crippen molar-refractivity contribution in [3.8, 4) is 22.5 Å². The van der Waals surface area contributed by atoms with Crippen molar-refractivity contribution in [2.24, 2.45) is 0 Å². The number of para-hydroxylation sites is 4. The molecule has 2 aromatic heterocycles. The van der Waals surface area contributed by atoms with Crippen molar-refractivity contribution in [2.75, 3.05) is 0 Å². The molecular weight excluding hydrogens is 460 g/mol. The standard InChI is InChI=1S/C36H24N2/c1-5-13-33-29(9-1)30-10-2-6-14-34(30)37(33)27-21-17-25(18-22-27)26-19-23-28(24-20-26)38-35-15-7-3-11-31(35)32-12-4-8-16-36(32)38/h1-24H/i1D,2D,3D,4D,5D,6D,7D,8D,9D,10D,11D,12D,13D,14D,15D,16D. The zero-order valence-electron chi connectivity index (χ0n) is 35.5. The van der Waals surface area contributed by atoms with E-state index in [1.807, 2.05) is 0 Å². The summed E-state index contributed by atoms with van der Waals surface area (Å²) in [6.45, 7) is 0. The minimum Gasteiger partial charge on any atom is -0.309 e. The monoisotopic (exact) mass is 500 g/mol. The van der Waals surface area contributed by atoms with E-state index in [2.05, 4.69) is 0 Å². The predicted octanol–water partition coefficient (Wildman–Crippen LogP) is 9.55. The summed E-state index contributed by atoms with van der Waals surface area (Å²) in [4.78, 5) is 0. The largest absolute Gasteiger partial charge is 0.309 e. The Labute approximate surface area is 243 Å². The SMILES string of the molecule is [2H]c1c([2H])c([2H])c2c(c1[2H])c1c([2H])c([2H])c([2H])c([2H])c1n2-c1ccc(-c2ccc(-n3c4c([2H])c([2H])c([2H])c([2H])c4c4c([2H])c([2H])c([2H])c([2H])c43)cc2)cc1. The molecule has 8 aromatic rings. The Morgan fingerprint density at radius 1 is 0.342 bits per heavy atom. The van der Waals surface area contributed by atoms with E-state index in [0.717, 1.165) is 0 Å². The molecule has 0 saturated carbocycles. The van der Waals surface area contributed by atoms with Gasteiger partial charge >= 0.3 is 0 Å². The van der Waals surface area contributed by atoms with Crippen molar-refractivity contribution in [2.45, 2.75) is 0 Å². The third-order valence-corrected chi connectivity index (χ3v) is 6.65. The van der Waals surface area contributed by atoms with Crippen molar-refractivity contribution in [1.29, 1.82) is 0 Å². The van der Waals surface area contributed by atoms with E-state index in [0.29, 0.717) is 22.5 Å². The van der Waals surface area contributed by atoms with Gasteiger partial charge in [0, 0.05) is 32.9 Å². The zero-order valence-corrected chi connectivity index (χ0v) is 19.5. The second kappa shape index (κ2) is 8.22. The van der Waals surface area contributed by atoms with Crippen LogP contribution in [-0.4, -0.2) is 9.13 Å². The van der Waals surface area contributed by atoms with Crippen LogP contribution in [0.4, 0.5) is 0 Å². The number of hydrogen-bond acceptors (Lipinski definition) is 0. The highest BCUT2D eigenvalue weighted by Crippen LogP contribution is 2.34. The molecule has 2 heteroatoms. The molecule has 0 saturated heterocycles. The van der Waals surface area contributed by atoms with E-state index in [1.54, 1.807) is 48.5 Å². The highest BCUT2D eigenvalue weighted by molar-refractivity contribution is 6.10. The average molecular weight is 501 g/mol. The molecule has 0 unspecified atom stereocenters. The molecule has 0 radical (unpaired) electrons. The Kier molecular flexibility index (Phi) is 2.32. The van der Waals surface area contributed by atoms with E-state index in [1.165, 1.54) is 9.13 Å². The fraction of sp³-hybridized carbons (Fsp3) is 0. The molecule has 0 aliphatic rings. The van der Waals surface area contributed by atoms with Gasteiger partial charge in [0.15, 0.2) is 0 Å². The number of fused-ring (bicyclic) bond motifs is 6. The van der Waals surface area contributed by atoms with Gasteiger partial charge in [-0.25, -0.2) is 0 Å². The summed E-state index contributed by atoms with van der Waals surface area (Å²) in [6, 6.07) is 6.05. The molecule has 0 aliphatic carbocycles. The highest BCUT2D eigenvalue weighted by atomic mass is 15.0. The average Bonchev–Trinajstić information content (AvgIpc) is 3.73. The summed E-state index contributed by atoms with van der Waals surface area (Å²) in [5.41, 5.74) is 2.12. The van der Waals surface area contributed by atoms with Gasteiger partial charge in [-0.05, 0) is 59.6 Å². The summed E-state index contributed by atoms with van der Waals surface area (Å²) in [5.74, 6) is 0. The van der Waals surface area contributed by atoms with Crippen molar-refractivity contribution >= 4 is 43.6 Å². The van der Waals surface area contributed by atoms with Gasteiger partial charge in [0.2, 0.25) is 0 Å². The minimum absolute atomic E-state index is 0.00206. The molecule has 0 amide bonds.